The van der Waals surface area contributed by atoms with Crippen molar-refractivity contribution < 1.29 is 40.1 Å². The number of hydrogen-bond acceptors (Lipinski definition) is 2. The normalized spacial score (nSPS) is 13.2. The monoisotopic (exact) mass is 307 g/mol. The minimum absolute atomic E-state index is 0. The number of benzene rings is 2. The molecule has 0 fully saturated rings. The van der Waals surface area contributed by atoms with Gasteiger partial charge in [0, 0.05) is 27.8 Å². The van der Waals surface area contributed by atoms with Crippen molar-refractivity contribution in [2.75, 3.05) is 4.90 Å². The first-order valence-electron chi connectivity index (χ1n) is 5.52. The fraction of sp³-hybridized carbons (Fsp3) is 0. The summed E-state index contributed by atoms with van der Waals surface area (Å²) in [5, 5.41) is 0. The summed E-state index contributed by atoms with van der Waals surface area (Å²) in [6, 6.07) is 8.95. The topological polar surface area (TPSA) is 37.4 Å². The number of hydrogen-bond donors (Lipinski definition) is 0. The van der Waals surface area contributed by atoms with Gasteiger partial charge in [-0.1, -0.05) is 12.1 Å². The molecule has 6 heteroatoms. The van der Waals surface area contributed by atoms with Crippen molar-refractivity contribution in [2.24, 2.45) is 0 Å². The van der Waals surface area contributed by atoms with Crippen LogP contribution in [0.2, 0.25) is 0 Å². The van der Waals surface area contributed by atoms with Gasteiger partial charge in [-0.2, -0.15) is 0 Å². The Balaban J connectivity index is 0.00000147. The molecule has 0 spiro atoms. The van der Waals surface area contributed by atoms with Gasteiger partial charge in [-0.05, 0) is 24.3 Å². The third-order valence-corrected chi connectivity index (χ3v) is 2.94. The second-order valence-corrected chi connectivity index (χ2v) is 4.09. The van der Waals surface area contributed by atoms with Crippen molar-refractivity contribution in [3.05, 3.63) is 65.2 Å². The summed E-state index contributed by atoms with van der Waals surface area (Å²) in [7, 11) is 0. The van der Waals surface area contributed by atoms with Crippen LogP contribution in [0.15, 0.2) is 42.5 Å². The summed E-state index contributed by atoms with van der Waals surface area (Å²) in [6.07, 6.45) is 0. The molecule has 2 aromatic rings. The van der Waals surface area contributed by atoms with E-state index in [0.717, 1.165) is 17.0 Å². The predicted octanol–water partition coefficient (Wildman–Crippen LogP) is 2.76. The van der Waals surface area contributed by atoms with Crippen LogP contribution in [0.1, 0.15) is 20.7 Å². The van der Waals surface area contributed by atoms with E-state index >= 15 is 0 Å². The number of imide groups is 1. The molecule has 0 N–H and O–H groups in total. The van der Waals surface area contributed by atoms with Crippen molar-refractivity contribution in [3.63, 3.8) is 0 Å². The van der Waals surface area contributed by atoms with Crippen LogP contribution in [-0.4, -0.2) is 11.8 Å². The molecule has 0 saturated heterocycles. The van der Waals surface area contributed by atoms with Crippen molar-refractivity contribution in [1.29, 1.82) is 0 Å². The molecular weight excluding hydrogens is 300 g/mol. The van der Waals surface area contributed by atoms with E-state index in [1.165, 1.54) is 12.1 Å². The van der Waals surface area contributed by atoms with E-state index in [1.54, 1.807) is 12.1 Å². The molecule has 0 aliphatic carbocycles. The zero-order chi connectivity index (χ0) is 13.6. The molecule has 1 aliphatic rings. The number of fused-ring (bicyclic) bond motifs is 1. The van der Waals surface area contributed by atoms with Gasteiger partial charge in [0.1, 0.15) is 11.6 Å². The molecule has 0 atom stereocenters. The number of carbonyl (C=O) groups excluding carboxylic acids is 2. The number of carbonyl (C=O) groups is 2. The minimum atomic E-state index is -0.950. The Hall–Kier alpha value is -1.85. The fourth-order valence-electron chi connectivity index (χ4n) is 2.07. The zero-order valence-corrected chi connectivity index (χ0v) is 11.6. The molecular formula is C14H7F2NO2Ti. The number of nitrogens with zero attached hydrogens (tertiary/aromatic N) is 1. The standard InChI is InChI=1S/C14H7F2NO2.Ti/c15-8-5-6-12(11(16)7-8)17-13(18)9-3-1-2-4-10(9)14(17)19;/h1-7H;. The average molecular weight is 307 g/mol. The van der Waals surface area contributed by atoms with Gasteiger partial charge in [0.25, 0.3) is 11.8 Å². The molecule has 1 heterocycles. The fourth-order valence-corrected chi connectivity index (χ4v) is 2.07. The number of halogens is 2. The van der Waals surface area contributed by atoms with Crippen molar-refractivity contribution in [1.82, 2.24) is 0 Å². The van der Waals surface area contributed by atoms with E-state index in [0.29, 0.717) is 6.07 Å². The third-order valence-electron chi connectivity index (χ3n) is 2.94. The van der Waals surface area contributed by atoms with Gasteiger partial charge >= 0.3 is 0 Å². The van der Waals surface area contributed by atoms with E-state index in [9.17, 15) is 18.4 Å². The minimum Gasteiger partial charge on any atom is -0.268 e. The van der Waals surface area contributed by atoms with Gasteiger partial charge in [-0.3, -0.25) is 9.59 Å². The number of anilines is 1. The maximum Gasteiger partial charge on any atom is 0.266 e. The maximum atomic E-state index is 13.7. The molecule has 0 bridgehead atoms. The van der Waals surface area contributed by atoms with E-state index < -0.39 is 23.4 Å². The number of amides is 2. The summed E-state index contributed by atoms with van der Waals surface area (Å²) < 4.78 is 26.5. The second-order valence-electron chi connectivity index (χ2n) is 4.09. The quantitative estimate of drug-likeness (QED) is 0.600. The molecule has 2 amide bonds. The Kier molecular flexibility index (Phi) is 3.83. The Morgan fingerprint density at radius 3 is 1.90 bits per heavy atom. The average Bonchev–Trinajstić information content (AvgIpc) is 2.64. The van der Waals surface area contributed by atoms with Crippen LogP contribution in [0, 0.1) is 11.6 Å². The third kappa shape index (κ3) is 2.09. The van der Waals surface area contributed by atoms with Gasteiger partial charge in [-0.25, -0.2) is 13.7 Å². The van der Waals surface area contributed by atoms with E-state index in [-0.39, 0.29) is 38.5 Å². The second kappa shape index (κ2) is 5.27. The Bertz CT molecular complexity index is 683. The largest absolute Gasteiger partial charge is 0.268 e. The smallest absolute Gasteiger partial charge is 0.266 e. The summed E-state index contributed by atoms with van der Waals surface area (Å²) >= 11 is 0. The Morgan fingerprint density at radius 1 is 0.850 bits per heavy atom. The molecule has 98 valence electrons. The van der Waals surface area contributed by atoms with Gasteiger partial charge in [0.2, 0.25) is 0 Å². The van der Waals surface area contributed by atoms with Gasteiger partial charge in [0.05, 0.1) is 16.8 Å². The first-order valence-corrected chi connectivity index (χ1v) is 5.52. The van der Waals surface area contributed by atoms with Gasteiger partial charge in [-0.15, -0.1) is 0 Å². The van der Waals surface area contributed by atoms with Crippen LogP contribution >= 0.6 is 0 Å². The van der Waals surface area contributed by atoms with Crippen LogP contribution in [0.25, 0.3) is 0 Å². The van der Waals surface area contributed by atoms with Gasteiger partial charge in [0.15, 0.2) is 0 Å². The van der Waals surface area contributed by atoms with Crippen molar-refractivity contribution in [2.45, 2.75) is 0 Å². The summed E-state index contributed by atoms with van der Waals surface area (Å²) in [6.45, 7) is 0. The Labute approximate surface area is 128 Å². The van der Waals surface area contributed by atoms with Crippen LogP contribution in [0.4, 0.5) is 14.5 Å². The molecule has 3 rings (SSSR count). The van der Waals surface area contributed by atoms with Gasteiger partial charge < -0.3 is 0 Å². The maximum absolute atomic E-state index is 13.7. The van der Waals surface area contributed by atoms with Crippen LogP contribution in [0.5, 0.6) is 0 Å². The van der Waals surface area contributed by atoms with E-state index in [2.05, 4.69) is 0 Å². The molecule has 1 aliphatic heterocycles. The first-order chi connectivity index (χ1) is 9.09. The summed E-state index contributed by atoms with van der Waals surface area (Å²) in [5.74, 6) is -2.93. The molecule has 0 aromatic heterocycles. The molecule has 0 unspecified atom stereocenters. The van der Waals surface area contributed by atoms with Crippen LogP contribution < -0.4 is 4.90 Å². The molecule has 0 radical (unpaired) electrons. The molecule has 20 heavy (non-hydrogen) atoms. The Morgan fingerprint density at radius 2 is 1.40 bits per heavy atom. The van der Waals surface area contributed by atoms with Crippen LogP contribution in [0.3, 0.4) is 0 Å². The summed E-state index contributed by atoms with van der Waals surface area (Å²) in [4.78, 5) is 24.9. The summed E-state index contributed by atoms with van der Waals surface area (Å²) in [5.41, 5.74) is 0.194. The van der Waals surface area contributed by atoms with E-state index in [4.69, 9.17) is 0 Å². The number of rotatable bonds is 1. The molecule has 3 nitrogen and oxygen atoms in total. The molecule has 2 aromatic carbocycles. The van der Waals surface area contributed by atoms with Crippen molar-refractivity contribution in [3.8, 4) is 0 Å². The zero-order valence-electron chi connectivity index (χ0n) is 10.1. The van der Waals surface area contributed by atoms with Crippen molar-refractivity contribution >= 4 is 17.5 Å². The van der Waals surface area contributed by atoms with Crippen LogP contribution in [-0.2, 0) is 21.7 Å². The predicted molar refractivity (Wildman–Crippen MR) is 63.9 cm³/mol. The SMILES string of the molecule is O=C1c2ccccc2C(=O)N1c1ccc(F)cc1F.[Ti]. The van der Waals surface area contributed by atoms with E-state index in [1.807, 2.05) is 0 Å². The first kappa shape index (κ1) is 14.6. The molecule has 0 saturated carbocycles.